The summed E-state index contributed by atoms with van der Waals surface area (Å²) in [6, 6.07) is 21.0. The molecule has 2 aromatic rings. The molecule has 0 saturated heterocycles. The predicted octanol–water partition coefficient (Wildman–Crippen LogP) is 4.83. The number of hydrogen-bond acceptors (Lipinski definition) is 0. The van der Waals surface area contributed by atoms with Gasteiger partial charge in [0.15, 0.2) is 0 Å². The molecule has 0 aliphatic heterocycles. The Morgan fingerprint density at radius 1 is 0.682 bits per heavy atom. The van der Waals surface area contributed by atoms with Crippen LogP contribution < -0.4 is 0 Å². The third kappa shape index (κ3) is 10.6. The van der Waals surface area contributed by atoms with Crippen LogP contribution in [0.25, 0.3) is 0 Å². The SMILES string of the molecule is C(C=CCc1ccccc1)=CCc1ccccc1.C[SiH2]C.[Ti+2]. The van der Waals surface area contributed by atoms with E-state index in [-0.39, 0.29) is 21.7 Å². The number of rotatable bonds is 5. The summed E-state index contributed by atoms with van der Waals surface area (Å²) in [6.07, 6.45) is 10.6. The largest absolute Gasteiger partial charge is 2.00 e. The molecule has 0 nitrogen and oxygen atoms in total. The standard InChI is InChI=1S/C18H18.C2H8Si.Ti/c1(5-11-17-13-7-3-8-14-17)2-6-12-18-15-9-4-10-16-18;1-3-2;/h1-10,13-16H,11-12H2;3H2,1-2H3;/q;;+2. The molecule has 0 radical (unpaired) electrons. The molecule has 0 aliphatic rings. The van der Waals surface area contributed by atoms with E-state index in [4.69, 9.17) is 0 Å². The second-order valence-electron chi connectivity index (χ2n) is 4.94. The Bertz CT molecular complexity index is 468. The zero-order valence-electron chi connectivity index (χ0n) is 13.7. The topological polar surface area (TPSA) is 0 Å². The second kappa shape index (κ2) is 14.8. The monoisotopic (exact) mass is 342 g/mol. The van der Waals surface area contributed by atoms with Crippen molar-refractivity contribution in [2.75, 3.05) is 0 Å². The zero-order valence-corrected chi connectivity index (χ0v) is 16.7. The van der Waals surface area contributed by atoms with Gasteiger partial charge in [0.05, 0.1) is 0 Å². The molecule has 0 atom stereocenters. The number of hydrogen-bond donors (Lipinski definition) is 0. The predicted molar refractivity (Wildman–Crippen MR) is 98.8 cm³/mol. The van der Waals surface area contributed by atoms with Crippen LogP contribution in [0, 0.1) is 0 Å². The van der Waals surface area contributed by atoms with Crippen molar-refractivity contribution in [3.63, 3.8) is 0 Å². The number of allylic oxidation sites excluding steroid dienone is 4. The molecule has 2 rings (SSSR count). The van der Waals surface area contributed by atoms with Crippen LogP contribution in [0.15, 0.2) is 85.0 Å². The van der Waals surface area contributed by atoms with E-state index in [1.54, 1.807) is 0 Å². The van der Waals surface area contributed by atoms with Gasteiger partial charge in [-0.05, 0) is 24.0 Å². The van der Waals surface area contributed by atoms with Gasteiger partial charge in [-0.2, -0.15) is 0 Å². The molecule has 0 N–H and O–H groups in total. The van der Waals surface area contributed by atoms with E-state index in [1.807, 2.05) is 12.1 Å². The Morgan fingerprint density at radius 3 is 1.32 bits per heavy atom. The molecule has 0 bridgehead atoms. The summed E-state index contributed by atoms with van der Waals surface area (Å²) in [5.41, 5.74) is 2.70. The van der Waals surface area contributed by atoms with E-state index in [9.17, 15) is 0 Å². The van der Waals surface area contributed by atoms with E-state index < -0.39 is 0 Å². The van der Waals surface area contributed by atoms with Gasteiger partial charge >= 0.3 is 21.7 Å². The fraction of sp³-hybridized carbons (Fsp3) is 0.200. The van der Waals surface area contributed by atoms with E-state index in [0.29, 0.717) is 9.52 Å². The minimum atomic E-state index is 0. The maximum absolute atomic E-state index is 2.26. The average molecular weight is 342 g/mol. The minimum absolute atomic E-state index is 0. The maximum Gasteiger partial charge on any atom is 2.00 e. The Labute approximate surface area is 153 Å². The summed E-state index contributed by atoms with van der Waals surface area (Å²) in [5, 5.41) is 0. The Morgan fingerprint density at radius 2 is 1.00 bits per heavy atom. The first-order valence-corrected chi connectivity index (χ1v) is 10.6. The quantitative estimate of drug-likeness (QED) is 0.539. The van der Waals surface area contributed by atoms with E-state index >= 15 is 0 Å². The first-order valence-electron chi connectivity index (χ1n) is 7.76. The molecule has 0 fully saturated rings. The molecule has 0 aliphatic carbocycles. The van der Waals surface area contributed by atoms with Crippen molar-refractivity contribution >= 4 is 9.52 Å². The van der Waals surface area contributed by atoms with E-state index in [1.165, 1.54) is 11.1 Å². The van der Waals surface area contributed by atoms with Gasteiger partial charge in [0.25, 0.3) is 0 Å². The smallest absolute Gasteiger partial charge is 0.0801 e. The molecule has 112 valence electrons. The van der Waals surface area contributed by atoms with Crippen molar-refractivity contribution in [2.24, 2.45) is 0 Å². The summed E-state index contributed by atoms with van der Waals surface area (Å²) in [6.45, 7) is 4.53. The molecule has 2 heteroatoms. The van der Waals surface area contributed by atoms with Crippen LogP contribution in [0.1, 0.15) is 11.1 Å². The average Bonchev–Trinajstić information content (AvgIpc) is 2.53. The van der Waals surface area contributed by atoms with Crippen molar-refractivity contribution in [1.29, 1.82) is 0 Å². The Balaban J connectivity index is 0.00000102. The molecule has 0 spiro atoms. The van der Waals surface area contributed by atoms with E-state index in [0.717, 1.165) is 12.8 Å². The van der Waals surface area contributed by atoms with Gasteiger partial charge < -0.3 is 0 Å². The van der Waals surface area contributed by atoms with Crippen LogP contribution in [0.2, 0.25) is 13.1 Å². The van der Waals surface area contributed by atoms with Gasteiger partial charge in [0.1, 0.15) is 0 Å². The van der Waals surface area contributed by atoms with Crippen LogP contribution in [0.4, 0.5) is 0 Å². The Kier molecular flexibility index (Phi) is 14.0. The second-order valence-corrected chi connectivity index (χ2v) is 6.36. The third-order valence-corrected chi connectivity index (χ3v) is 2.78. The molecule has 0 amide bonds. The first-order chi connectivity index (χ1) is 10.4. The van der Waals surface area contributed by atoms with Crippen LogP contribution in [-0.2, 0) is 34.6 Å². The third-order valence-electron chi connectivity index (χ3n) is 2.78. The molecule has 0 heterocycles. The summed E-state index contributed by atoms with van der Waals surface area (Å²) >= 11 is 0. The fourth-order valence-corrected chi connectivity index (χ4v) is 1.79. The van der Waals surface area contributed by atoms with Crippen molar-refractivity contribution < 1.29 is 21.7 Å². The first kappa shape index (κ1) is 20.9. The molecule has 0 aromatic heterocycles. The minimum Gasteiger partial charge on any atom is -0.0801 e. The van der Waals surface area contributed by atoms with E-state index in [2.05, 4.69) is 85.9 Å². The van der Waals surface area contributed by atoms with Crippen molar-refractivity contribution in [1.82, 2.24) is 0 Å². The zero-order chi connectivity index (χ0) is 15.2. The van der Waals surface area contributed by atoms with Crippen molar-refractivity contribution in [3.05, 3.63) is 96.1 Å². The van der Waals surface area contributed by atoms with Crippen LogP contribution >= 0.6 is 0 Å². The normalized spacial score (nSPS) is 10.1. The van der Waals surface area contributed by atoms with Crippen molar-refractivity contribution in [2.45, 2.75) is 25.9 Å². The molecule has 0 saturated carbocycles. The number of benzene rings is 2. The van der Waals surface area contributed by atoms with Gasteiger partial charge in [0, 0.05) is 9.52 Å². The fourth-order valence-electron chi connectivity index (χ4n) is 1.79. The van der Waals surface area contributed by atoms with Gasteiger partial charge in [-0.15, -0.1) is 0 Å². The summed E-state index contributed by atoms with van der Waals surface area (Å²) in [7, 11) is 0.417. The van der Waals surface area contributed by atoms with Crippen LogP contribution in [-0.4, -0.2) is 9.52 Å². The van der Waals surface area contributed by atoms with Gasteiger partial charge in [-0.25, -0.2) is 0 Å². The van der Waals surface area contributed by atoms with Gasteiger partial charge in [-0.3, -0.25) is 0 Å². The Hall–Kier alpha value is -1.15. The summed E-state index contributed by atoms with van der Waals surface area (Å²) in [4.78, 5) is 0. The van der Waals surface area contributed by atoms with Gasteiger partial charge in [0.2, 0.25) is 0 Å². The van der Waals surface area contributed by atoms with Crippen molar-refractivity contribution in [3.8, 4) is 0 Å². The maximum atomic E-state index is 2.26. The molecule has 0 unspecified atom stereocenters. The molecular formula is C20H26SiTi+2. The van der Waals surface area contributed by atoms with Crippen LogP contribution in [0.3, 0.4) is 0 Å². The van der Waals surface area contributed by atoms with Gasteiger partial charge in [-0.1, -0.05) is 98.1 Å². The molecular weight excluding hydrogens is 316 g/mol. The summed E-state index contributed by atoms with van der Waals surface area (Å²) < 4.78 is 0. The van der Waals surface area contributed by atoms with Crippen LogP contribution in [0.5, 0.6) is 0 Å². The molecule has 22 heavy (non-hydrogen) atoms. The summed E-state index contributed by atoms with van der Waals surface area (Å²) in [5.74, 6) is 0. The molecule has 2 aromatic carbocycles.